The average molecular weight is 390 g/mol. The molecule has 7 nitrogen and oxygen atoms in total. The van der Waals surface area contributed by atoms with Gasteiger partial charge in [-0.25, -0.2) is 0 Å². The Morgan fingerprint density at radius 3 is 2.83 bits per heavy atom. The molecule has 2 aromatic carbocycles. The van der Waals surface area contributed by atoms with Gasteiger partial charge in [-0.15, -0.1) is 0 Å². The quantitative estimate of drug-likeness (QED) is 0.569. The largest absolute Gasteiger partial charge is 0.497 e. The molecule has 4 aromatic rings. The zero-order valence-corrected chi connectivity index (χ0v) is 16.4. The lowest BCUT2D eigenvalue weighted by atomic mass is 10.0. The molecule has 148 valence electrons. The van der Waals surface area contributed by atoms with E-state index in [2.05, 4.69) is 22.4 Å². The molecule has 3 heterocycles. The Kier molecular flexibility index (Phi) is 4.54. The van der Waals surface area contributed by atoms with Crippen LogP contribution in [0, 0.1) is 0 Å². The van der Waals surface area contributed by atoms with E-state index in [1.165, 1.54) is 0 Å². The van der Waals surface area contributed by atoms with E-state index in [4.69, 9.17) is 18.7 Å². The molecule has 1 unspecified atom stereocenters. The number of aromatic nitrogens is 2. The van der Waals surface area contributed by atoms with Crippen molar-refractivity contribution in [3.63, 3.8) is 0 Å². The van der Waals surface area contributed by atoms with Gasteiger partial charge in [0.1, 0.15) is 11.3 Å². The van der Waals surface area contributed by atoms with Crippen LogP contribution in [0.1, 0.15) is 11.9 Å². The van der Waals surface area contributed by atoms with Crippen molar-refractivity contribution in [3.05, 3.63) is 54.4 Å². The molecule has 0 radical (unpaired) electrons. The molecule has 1 fully saturated rings. The summed E-state index contributed by atoms with van der Waals surface area (Å²) in [4.78, 5) is 6.92. The molecule has 7 heteroatoms. The van der Waals surface area contributed by atoms with E-state index >= 15 is 0 Å². The third kappa shape index (κ3) is 3.18. The molecule has 1 aliphatic heterocycles. The fraction of sp³-hybridized carbons (Fsp3) is 0.273. The molecule has 1 aliphatic rings. The first kappa shape index (κ1) is 17.9. The fourth-order valence-electron chi connectivity index (χ4n) is 3.80. The van der Waals surface area contributed by atoms with Gasteiger partial charge in [-0.1, -0.05) is 35.5 Å². The Labute approximate surface area is 168 Å². The van der Waals surface area contributed by atoms with E-state index in [1.807, 2.05) is 48.5 Å². The van der Waals surface area contributed by atoms with Gasteiger partial charge in [-0.3, -0.25) is 4.90 Å². The van der Waals surface area contributed by atoms with Gasteiger partial charge in [0, 0.05) is 36.7 Å². The van der Waals surface area contributed by atoms with Gasteiger partial charge in [0.2, 0.25) is 5.76 Å². The number of nitrogens with one attached hydrogen (secondary N) is 1. The number of nitrogens with zero attached hydrogens (tertiary/aromatic N) is 3. The van der Waals surface area contributed by atoms with E-state index in [0.29, 0.717) is 17.5 Å². The van der Waals surface area contributed by atoms with E-state index in [9.17, 15) is 0 Å². The highest BCUT2D eigenvalue weighted by atomic mass is 16.5. The number of hydrogen-bond acceptors (Lipinski definition) is 7. The lowest BCUT2D eigenvalue weighted by molar-refractivity contribution is 0.190. The van der Waals surface area contributed by atoms with Crippen LogP contribution in [-0.4, -0.2) is 48.8 Å². The molecule has 29 heavy (non-hydrogen) atoms. The van der Waals surface area contributed by atoms with Crippen LogP contribution in [0.25, 0.3) is 33.7 Å². The molecule has 0 saturated carbocycles. The van der Waals surface area contributed by atoms with Gasteiger partial charge in [0.15, 0.2) is 5.82 Å². The van der Waals surface area contributed by atoms with Crippen molar-refractivity contribution in [2.24, 2.45) is 0 Å². The van der Waals surface area contributed by atoms with Gasteiger partial charge in [0.25, 0.3) is 5.89 Å². The Morgan fingerprint density at radius 2 is 2.03 bits per heavy atom. The molecular formula is C22H22N4O3. The van der Waals surface area contributed by atoms with Gasteiger partial charge < -0.3 is 19.0 Å². The second-order valence-electron chi connectivity index (χ2n) is 7.19. The molecule has 0 amide bonds. The zero-order chi connectivity index (χ0) is 19.8. The summed E-state index contributed by atoms with van der Waals surface area (Å²) in [6, 6.07) is 16.0. The highest BCUT2D eigenvalue weighted by molar-refractivity contribution is 6.01. The minimum absolute atomic E-state index is 0.0749. The van der Waals surface area contributed by atoms with Crippen LogP contribution in [-0.2, 0) is 0 Å². The van der Waals surface area contributed by atoms with E-state index < -0.39 is 0 Å². The lowest BCUT2D eigenvalue weighted by Gasteiger charge is -2.30. The van der Waals surface area contributed by atoms with Crippen LogP contribution < -0.4 is 10.1 Å². The second kappa shape index (κ2) is 7.35. The molecule has 1 saturated heterocycles. The summed E-state index contributed by atoms with van der Waals surface area (Å²) in [5.41, 5.74) is 2.69. The van der Waals surface area contributed by atoms with Gasteiger partial charge in [0.05, 0.1) is 13.2 Å². The second-order valence-corrected chi connectivity index (χ2v) is 7.19. The zero-order valence-electron chi connectivity index (χ0n) is 16.4. The number of piperazine rings is 1. The number of ether oxygens (including phenoxy) is 1. The predicted molar refractivity (Wildman–Crippen MR) is 110 cm³/mol. The van der Waals surface area contributed by atoms with Crippen LogP contribution in [0.5, 0.6) is 5.75 Å². The van der Waals surface area contributed by atoms with Crippen LogP contribution in [0.4, 0.5) is 0 Å². The molecule has 2 aromatic heterocycles. The number of rotatable bonds is 4. The van der Waals surface area contributed by atoms with E-state index in [-0.39, 0.29) is 6.04 Å². The summed E-state index contributed by atoms with van der Waals surface area (Å²) in [5, 5.41) is 8.61. The third-order valence-electron chi connectivity index (χ3n) is 5.40. The van der Waals surface area contributed by atoms with Crippen molar-refractivity contribution in [1.82, 2.24) is 20.4 Å². The highest BCUT2D eigenvalue weighted by Crippen LogP contribution is 2.41. The van der Waals surface area contributed by atoms with Gasteiger partial charge in [-0.05, 0) is 24.7 Å². The molecule has 0 bridgehead atoms. The first-order chi connectivity index (χ1) is 14.2. The Hall–Kier alpha value is -3.16. The van der Waals surface area contributed by atoms with Crippen molar-refractivity contribution in [2.75, 3.05) is 33.8 Å². The minimum Gasteiger partial charge on any atom is -0.497 e. The fourth-order valence-corrected chi connectivity index (χ4v) is 3.80. The van der Waals surface area contributed by atoms with Crippen molar-refractivity contribution in [2.45, 2.75) is 6.04 Å². The first-order valence-corrected chi connectivity index (χ1v) is 9.65. The summed E-state index contributed by atoms with van der Waals surface area (Å²) in [6.45, 7) is 2.69. The standard InChI is InChI=1S/C22H22N4O3/c1-26-11-10-23-13-17(26)21-24-22(29-25-21)20-19(14-6-4-3-5-7-14)16-9-8-15(27-2)12-18(16)28-20/h3-9,12,17,23H,10-11,13H2,1-2H3. The van der Waals surface area contributed by atoms with E-state index in [1.54, 1.807) is 7.11 Å². The Balaban J connectivity index is 1.65. The number of likely N-dealkylation sites (N-methyl/N-ethyl adjacent to an activating group) is 1. The Bertz CT molecular complexity index is 1140. The summed E-state index contributed by atoms with van der Waals surface area (Å²) in [5.74, 6) is 2.35. The highest BCUT2D eigenvalue weighted by Gasteiger charge is 2.28. The van der Waals surface area contributed by atoms with Crippen molar-refractivity contribution >= 4 is 11.0 Å². The SMILES string of the molecule is COc1ccc2c(-c3ccccc3)c(-c3nc(C4CNCCN4C)no3)oc2c1. The number of hydrogen-bond donors (Lipinski definition) is 1. The minimum atomic E-state index is 0.0749. The van der Waals surface area contributed by atoms with Crippen LogP contribution >= 0.6 is 0 Å². The predicted octanol–water partition coefficient (Wildman–Crippen LogP) is 3.73. The number of furan rings is 1. The first-order valence-electron chi connectivity index (χ1n) is 9.65. The average Bonchev–Trinajstić information content (AvgIpc) is 3.39. The van der Waals surface area contributed by atoms with Crippen molar-refractivity contribution < 1.29 is 13.7 Å². The van der Waals surface area contributed by atoms with Crippen molar-refractivity contribution in [1.29, 1.82) is 0 Å². The summed E-state index contributed by atoms with van der Waals surface area (Å²) in [6.07, 6.45) is 0. The van der Waals surface area contributed by atoms with Crippen LogP contribution in [0.15, 0.2) is 57.5 Å². The number of benzene rings is 2. The normalized spacial score (nSPS) is 17.7. The molecule has 1 atom stereocenters. The topological polar surface area (TPSA) is 76.6 Å². The van der Waals surface area contributed by atoms with E-state index in [0.717, 1.165) is 47.5 Å². The molecule has 5 rings (SSSR count). The Morgan fingerprint density at radius 1 is 1.17 bits per heavy atom. The smallest absolute Gasteiger partial charge is 0.294 e. The van der Waals surface area contributed by atoms with Gasteiger partial charge >= 0.3 is 0 Å². The molecule has 0 aliphatic carbocycles. The monoisotopic (exact) mass is 390 g/mol. The van der Waals surface area contributed by atoms with Crippen molar-refractivity contribution in [3.8, 4) is 28.5 Å². The maximum Gasteiger partial charge on any atom is 0.294 e. The summed E-state index contributed by atoms with van der Waals surface area (Å²) in [7, 11) is 3.71. The number of fused-ring (bicyclic) bond motifs is 1. The maximum absolute atomic E-state index is 6.20. The maximum atomic E-state index is 6.20. The summed E-state index contributed by atoms with van der Waals surface area (Å²) >= 11 is 0. The lowest BCUT2D eigenvalue weighted by Crippen LogP contribution is -2.44. The van der Waals surface area contributed by atoms with Crippen LogP contribution in [0.3, 0.4) is 0 Å². The molecule has 1 N–H and O–H groups in total. The van der Waals surface area contributed by atoms with Crippen LogP contribution in [0.2, 0.25) is 0 Å². The molecular weight excluding hydrogens is 368 g/mol. The molecule has 0 spiro atoms. The summed E-state index contributed by atoms with van der Waals surface area (Å²) < 4.78 is 17.2. The third-order valence-corrected chi connectivity index (χ3v) is 5.40. The number of methoxy groups -OCH3 is 1. The van der Waals surface area contributed by atoms with Gasteiger partial charge in [-0.2, -0.15) is 4.98 Å².